The maximum absolute atomic E-state index is 12.1. The van der Waals surface area contributed by atoms with E-state index < -0.39 is 0 Å². The van der Waals surface area contributed by atoms with E-state index in [0.717, 1.165) is 11.1 Å². The molecule has 4 heteroatoms. The van der Waals surface area contributed by atoms with Crippen LogP contribution in [0.4, 0.5) is 0 Å². The summed E-state index contributed by atoms with van der Waals surface area (Å²) in [6.07, 6.45) is 3.09. The Kier molecular flexibility index (Phi) is 3.37. The smallest absolute Gasteiger partial charge is 0.288 e. The van der Waals surface area contributed by atoms with Crippen LogP contribution in [-0.4, -0.2) is 5.91 Å². The van der Waals surface area contributed by atoms with Crippen LogP contribution in [0.15, 0.2) is 69.9 Å². The van der Waals surface area contributed by atoms with Gasteiger partial charge in [0.1, 0.15) is 5.76 Å². The molecule has 1 aromatic carbocycles. The van der Waals surface area contributed by atoms with Gasteiger partial charge in [0.05, 0.1) is 19.1 Å². The van der Waals surface area contributed by atoms with E-state index in [1.54, 1.807) is 24.5 Å². The third-order valence-electron chi connectivity index (χ3n) is 2.96. The van der Waals surface area contributed by atoms with Gasteiger partial charge in [-0.15, -0.1) is 0 Å². The second kappa shape index (κ2) is 5.48. The van der Waals surface area contributed by atoms with E-state index in [2.05, 4.69) is 5.32 Å². The number of rotatable bonds is 4. The number of carbonyl (C=O) groups is 1. The Morgan fingerprint density at radius 1 is 0.950 bits per heavy atom. The van der Waals surface area contributed by atoms with Crippen molar-refractivity contribution in [2.45, 2.75) is 6.54 Å². The van der Waals surface area contributed by atoms with E-state index in [4.69, 9.17) is 8.83 Å². The zero-order chi connectivity index (χ0) is 13.8. The minimum atomic E-state index is -0.259. The van der Waals surface area contributed by atoms with Crippen LogP contribution >= 0.6 is 0 Å². The Bertz CT molecular complexity index is 684. The zero-order valence-corrected chi connectivity index (χ0v) is 10.7. The lowest BCUT2D eigenvalue weighted by Crippen LogP contribution is -2.22. The summed E-state index contributed by atoms with van der Waals surface area (Å²) in [4.78, 5) is 12.1. The van der Waals surface area contributed by atoms with Gasteiger partial charge in [-0.1, -0.05) is 30.3 Å². The van der Waals surface area contributed by atoms with Gasteiger partial charge >= 0.3 is 0 Å². The largest absolute Gasteiger partial charge is 0.467 e. The molecule has 3 rings (SSSR count). The molecular formula is C16H13NO3. The molecule has 0 aliphatic rings. The quantitative estimate of drug-likeness (QED) is 0.787. The predicted molar refractivity (Wildman–Crippen MR) is 74.0 cm³/mol. The fourth-order valence-electron chi connectivity index (χ4n) is 1.99. The molecule has 2 heterocycles. The third-order valence-corrected chi connectivity index (χ3v) is 2.96. The molecule has 1 amide bonds. The van der Waals surface area contributed by atoms with Crippen molar-refractivity contribution in [3.8, 4) is 11.1 Å². The van der Waals surface area contributed by atoms with E-state index in [9.17, 15) is 4.79 Å². The summed E-state index contributed by atoms with van der Waals surface area (Å²) < 4.78 is 10.5. The van der Waals surface area contributed by atoms with Gasteiger partial charge < -0.3 is 14.2 Å². The van der Waals surface area contributed by atoms with Crippen LogP contribution in [0.25, 0.3) is 11.1 Å². The summed E-state index contributed by atoms with van der Waals surface area (Å²) in [5.41, 5.74) is 1.73. The standard InChI is InChI=1S/C16H13NO3/c18-16(17-11-13-7-4-9-19-13)15-14(8-10-20-15)12-5-2-1-3-6-12/h1-10H,11H2,(H,17,18). The Morgan fingerprint density at radius 2 is 1.80 bits per heavy atom. The van der Waals surface area contributed by atoms with Crippen LogP contribution in [0.1, 0.15) is 16.3 Å². The van der Waals surface area contributed by atoms with E-state index in [1.807, 2.05) is 30.3 Å². The average molecular weight is 267 g/mol. The van der Waals surface area contributed by atoms with Gasteiger partial charge in [0.2, 0.25) is 0 Å². The maximum atomic E-state index is 12.1. The lowest BCUT2D eigenvalue weighted by Gasteiger charge is -2.04. The van der Waals surface area contributed by atoms with Crippen LogP contribution in [0.5, 0.6) is 0 Å². The van der Waals surface area contributed by atoms with Gasteiger partial charge in [-0.3, -0.25) is 4.79 Å². The first kappa shape index (κ1) is 12.3. The molecule has 0 saturated heterocycles. The Balaban J connectivity index is 1.77. The Hall–Kier alpha value is -2.75. The molecule has 3 aromatic rings. The van der Waals surface area contributed by atoms with Gasteiger partial charge in [-0.05, 0) is 23.8 Å². The van der Waals surface area contributed by atoms with Crippen molar-refractivity contribution in [3.63, 3.8) is 0 Å². The van der Waals surface area contributed by atoms with Gasteiger partial charge in [0, 0.05) is 5.56 Å². The number of benzene rings is 1. The molecular weight excluding hydrogens is 254 g/mol. The summed E-state index contributed by atoms with van der Waals surface area (Å²) in [5.74, 6) is 0.749. The van der Waals surface area contributed by atoms with E-state index in [-0.39, 0.29) is 5.91 Å². The minimum Gasteiger partial charge on any atom is -0.467 e. The van der Waals surface area contributed by atoms with Crippen molar-refractivity contribution in [3.05, 3.63) is 72.6 Å². The molecule has 0 aliphatic heterocycles. The number of amides is 1. The molecule has 1 N–H and O–H groups in total. The molecule has 4 nitrogen and oxygen atoms in total. The highest BCUT2D eigenvalue weighted by Gasteiger charge is 2.16. The molecule has 0 fully saturated rings. The molecule has 0 unspecified atom stereocenters. The number of nitrogens with one attached hydrogen (secondary N) is 1. The third kappa shape index (κ3) is 2.49. The lowest BCUT2D eigenvalue weighted by molar-refractivity contribution is 0.0921. The molecule has 0 atom stereocenters. The van der Waals surface area contributed by atoms with Gasteiger partial charge in [-0.2, -0.15) is 0 Å². The topological polar surface area (TPSA) is 55.4 Å². The molecule has 0 aliphatic carbocycles. The van der Waals surface area contributed by atoms with Crippen LogP contribution in [0.2, 0.25) is 0 Å². The molecule has 0 saturated carbocycles. The number of furan rings is 2. The van der Waals surface area contributed by atoms with Crippen LogP contribution in [0.3, 0.4) is 0 Å². The molecule has 100 valence electrons. The second-order valence-corrected chi connectivity index (χ2v) is 4.29. The van der Waals surface area contributed by atoms with E-state index in [1.165, 1.54) is 6.26 Å². The summed E-state index contributed by atoms with van der Waals surface area (Å²) in [6, 6.07) is 15.0. The first-order valence-corrected chi connectivity index (χ1v) is 6.28. The SMILES string of the molecule is O=C(NCc1ccco1)c1occc1-c1ccccc1. The van der Waals surface area contributed by atoms with Gasteiger partial charge in [-0.25, -0.2) is 0 Å². The van der Waals surface area contributed by atoms with Crippen molar-refractivity contribution < 1.29 is 13.6 Å². The fourth-order valence-corrected chi connectivity index (χ4v) is 1.99. The van der Waals surface area contributed by atoms with Crippen molar-refractivity contribution in [1.82, 2.24) is 5.32 Å². The summed E-state index contributed by atoms with van der Waals surface area (Å²) in [5, 5.41) is 2.77. The highest BCUT2D eigenvalue weighted by Crippen LogP contribution is 2.24. The lowest BCUT2D eigenvalue weighted by atomic mass is 10.1. The first-order valence-electron chi connectivity index (χ1n) is 6.28. The maximum Gasteiger partial charge on any atom is 0.288 e. The molecule has 20 heavy (non-hydrogen) atoms. The van der Waals surface area contributed by atoms with Crippen molar-refractivity contribution in [1.29, 1.82) is 0 Å². The Morgan fingerprint density at radius 3 is 2.55 bits per heavy atom. The summed E-state index contributed by atoms with van der Waals surface area (Å²) in [6.45, 7) is 0.334. The second-order valence-electron chi connectivity index (χ2n) is 4.29. The Labute approximate surface area is 116 Å². The monoisotopic (exact) mass is 267 g/mol. The zero-order valence-electron chi connectivity index (χ0n) is 10.7. The minimum absolute atomic E-state index is 0.259. The van der Waals surface area contributed by atoms with Gasteiger partial charge in [0.25, 0.3) is 5.91 Å². The molecule has 0 radical (unpaired) electrons. The van der Waals surface area contributed by atoms with E-state index in [0.29, 0.717) is 18.1 Å². The number of carbonyl (C=O) groups excluding carboxylic acids is 1. The molecule has 0 spiro atoms. The van der Waals surface area contributed by atoms with Crippen LogP contribution < -0.4 is 5.32 Å². The summed E-state index contributed by atoms with van der Waals surface area (Å²) in [7, 11) is 0. The molecule has 2 aromatic heterocycles. The van der Waals surface area contributed by atoms with Gasteiger partial charge in [0.15, 0.2) is 5.76 Å². The van der Waals surface area contributed by atoms with Crippen LogP contribution in [0, 0.1) is 0 Å². The van der Waals surface area contributed by atoms with Crippen molar-refractivity contribution >= 4 is 5.91 Å². The highest BCUT2D eigenvalue weighted by atomic mass is 16.3. The van der Waals surface area contributed by atoms with E-state index >= 15 is 0 Å². The number of hydrogen-bond acceptors (Lipinski definition) is 3. The van der Waals surface area contributed by atoms with Crippen molar-refractivity contribution in [2.75, 3.05) is 0 Å². The fraction of sp³-hybridized carbons (Fsp3) is 0.0625. The summed E-state index contributed by atoms with van der Waals surface area (Å²) >= 11 is 0. The first-order chi connectivity index (χ1) is 9.84. The predicted octanol–water partition coefficient (Wildman–Crippen LogP) is 3.47. The number of hydrogen-bond donors (Lipinski definition) is 1. The average Bonchev–Trinajstić information content (AvgIpc) is 3.17. The van der Waals surface area contributed by atoms with Crippen LogP contribution in [-0.2, 0) is 6.54 Å². The highest BCUT2D eigenvalue weighted by molar-refractivity contribution is 5.98. The van der Waals surface area contributed by atoms with Crippen molar-refractivity contribution in [2.24, 2.45) is 0 Å². The normalized spacial score (nSPS) is 10.4. The molecule has 0 bridgehead atoms.